The van der Waals surface area contributed by atoms with Crippen LogP contribution in [0, 0.1) is 0 Å². The molecule has 0 aliphatic rings. The predicted octanol–water partition coefficient (Wildman–Crippen LogP) is 2.87. The fourth-order valence-corrected chi connectivity index (χ4v) is 1.93. The molecular formula is C17H27N3O4. The lowest BCUT2D eigenvalue weighted by atomic mass is 10.2. The smallest absolute Gasteiger partial charge is 0.407 e. The van der Waals surface area contributed by atoms with E-state index in [4.69, 9.17) is 9.47 Å². The molecule has 24 heavy (non-hydrogen) atoms. The second kappa shape index (κ2) is 9.12. The third-order valence-electron chi connectivity index (χ3n) is 2.81. The average molecular weight is 337 g/mol. The molecular weight excluding hydrogens is 310 g/mol. The van der Waals surface area contributed by atoms with Crippen molar-refractivity contribution in [1.82, 2.24) is 10.6 Å². The Kier molecular flexibility index (Phi) is 7.51. The number of anilines is 1. The number of urea groups is 1. The summed E-state index contributed by atoms with van der Waals surface area (Å²) in [6.07, 6.45) is -0.480. The number of rotatable bonds is 6. The maximum atomic E-state index is 11.9. The molecule has 0 fully saturated rings. The number of carbonyl (C=O) groups excluding carboxylic acids is 2. The number of hydrogen-bond donors (Lipinski definition) is 3. The number of hydrogen-bond acceptors (Lipinski definition) is 4. The third kappa shape index (κ3) is 8.38. The van der Waals surface area contributed by atoms with Crippen LogP contribution in [0.15, 0.2) is 24.3 Å². The van der Waals surface area contributed by atoms with Crippen LogP contribution in [-0.2, 0) is 16.0 Å². The van der Waals surface area contributed by atoms with Crippen molar-refractivity contribution in [2.45, 2.75) is 45.9 Å². The largest absolute Gasteiger partial charge is 0.444 e. The van der Waals surface area contributed by atoms with Gasteiger partial charge < -0.3 is 25.4 Å². The van der Waals surface area contributed by atoms with E-state index in [0.717, 1.165) is 5.56 Å². The molecule has 1 rings (SSSR count). The Balaban J connectivity index is 2.51. The van der Waals surface area contributed by atoms with Gasteiger partial charge in [0.15, 0.2) is 0 Å². The Hall–Kier alpha value is -2.28. The topological polar surface area (TPSA) is 88.7 Å². The molecule has 0 aliphatic carbocycles. The summed E-state index contributed by atoms with van der Waals surface area (Å²) in [6.45, 7) is 8.02. The first-order valence-electron chi connectivity index (χ1n) is 7.82. The summed E-state index contributed by atoms with van der Waals surface area (Å²) >= 11 is 0. The Morgan fingerprint density at radius 3 is 2.58 bits per heavy atom. The van der Waals surface area contributed by atoms with Crippen molar-refractivity contribution < 1.29 is 19.1 Å². The Bertz CT molecular complexity index is 555. The molecule has 7 nitrogen and oxygen atoms in total. The molecule has 0 saturated heterocycles. The Morgan fingerprint density at radius 1 is 1.25 bits per heavy atom. The van der Waals surface area contributed by atoms with Gasteiger partial charge >= 0.3 is 12.1 Å². The SMILES string of the molecule is COC[C@@H](C)NC(=O)Nc1cccc(CNC(=O)OC(C)(C)C)c1. The van der Waals surface area contributed by atoms with Crippen LogP contribution in [0.2, 0.25) is 0 Å². The van der Waals surface area contributed by atoms with Crippen LogP contribution in [0.3, 0.4) is 0 Å². The van der Waals surface area contributed by atoms with Gasteiger partial charge in [-0.05, 0) is 45.4 Å². The minimum absolute atomic E-state index is 0.0907. The van der Waals surface area contributed by atoms with Crippen molar-refractivity contribution in [2.75, 3.05) is 19.0 Å². The summed E-state index contributed by atoms with van der Waals surface area (Å²) in [5.74, 6) is 0. The van der Waals surface area contributed by atoms with E-state index in [1.165, 1.54) is 0 Å². The van der Waals surface area contributed by atoms with Crippen LogP contribution >= 0.6 is 0 Å². The fourth-order valence-electron chi connectivity index (χ4n) is 1.93. The zero-order valence-electron chi connectivity index (χ0n) is 14.9. The van der Waals surface area contributed by atoms with Crippen LogP contribution in [0.1, 0.15) is 33.3 Å². The highest BCUT2D eigenvalue weighted by atomic mass is 16.6. The molecule has 3 N–H and O–H groups in total. The van der Waals surface area contributed by atoms with Crippen LogP contribution in [0.25, 0.3) is 0 Å². The molecule has 1 aromatic carbocycles. The standard InChI is InChI=1S/C17H27N3O4/c1-12(11-23-5)19-15(21)20-14-8-6-7-13(9-14)10-18-16(22)24-17(2,3)4/h6-9,12H,10-11H2,1-5H3,(H,18,22)(H2,19,20,21)/t12-/m1/s1. The third-order valence-corrected chi connectivity index (χ3v) is 2.81. The monoisotopic (exact) mass is 337 g/mol. The molecule has 0 heterocycles. The van der Waals surface area contributed by atoms with E-state index >= 15 is 0 Å². The van der Waals surface area contributed by atoms with Crippen molar-refractivity contribution in [3.8, 4) is 0 Å². The number of amides is 3. The Morgan fingerprint density at radius 2 is 1.96 bits per heavy atom. The molecule has 0 spiro atoms. The Labute approximate surface area is 143 Å². The molecule has 0 aromatic heterocycles. The minimum Gasteiger partial charge on any atom is -0.444 e. The predicted molar refractivity (Wildman–Crippen MR) is 93.0 cm³/mol. The van der Waals surface area contributed by atoms with Gasteiger partial charge in [0.05, 0.1) is 12.6 Å². The fraction of sp³-hybridized carbons (Fsp3) is 0.529. The second-order valence-corrected chi connectivity index (χ2v) is 6.51. The van der Waals surface area contributed by atoms with Crippen LogP contribution in [0.4, 0.5) is 15.3 Å². The van der Waals surface area contributed by atoms with E-state index in [2.05, 4.69) is 16.0 Å². The lowest BCUT2D eigenvalue weighted by Crippen LogP contribution is -2.38. The van der Waals surface area contributed by atoms with Gasteiger partial charge in [-0.3, -0.25) is 0 Å². The zero-order chi connectivity index (χ0) is 18.2. The first-order chi connectivity index (χ1) is 11.2. The summed E-state index contributed by atoms with van der Waals surface area (Å²) in [6, 6.07) is 6.83. The molecule has 3 amide bonds. The first-order valence-corrected chi connectivity index (χ1v) is 7.82. The highest BCUT2D eigenvalue weighted by molar-refractivity contribution is 5.89. The molecule has 0 unspecified atom stereocenters. The maximum Gasteiger partial charge on any atom is 0.407 e. The molecule has 0 radical (unpaired) electrons. The van der Waals surface area contributed by atoms with Crippen molar-refractivity contribution in [1.29, 1.82) is 0 Å². The van der Waals surface area contributed by atoms with Crippen molar-refractivity contribution in [3.05, 3.63) is 29.8 Å². The first kappa shape index (κ1) is 19.8. The average Bonchev–Trinajstić information content (AvgIpc) is 2.43. The molecule has 0 saturated carbocycles. The van der Waals surface area contributed by atoms with Gasteiger partial charge in [0.1, 0.15) is 5.60 Å². The molecule has 1 atom stereocenters. The highest BCUT2D eigenvalue weighted by Crippen LogP contribution is 2.11. The molecule has 0 aliphatic heterocycles. The van der Waals surface area contributed by atoms with E-state index in [1.807, 2.05) is 13.0 Å². The van der Waals surface area contributed by atoms with Crippen molar-refractivity contribution in [2.24, 2.45) is 0 Å². The van der Waals surface area contributed by atoms with Crippen LogP contribution < -0.4 is 16.0 Å². The molecule has 134 valence electrons. The zero-order valence-corrected chi connectivity index (χ0v) is 14.9. The van der Waals surface area contributed by atoms with E-state index in [9.17, 15) is 9.59 Å². The quantitative estimate of drug-likeness (QED) is 0.745. The summed E-state index contributed by atoms with van der Waals surface area (Å²) in [4.78, 5) is 23.5. The van der Waals surface area contributed by atoms with Gasteiger partial charge in [-0.25, -0.2) is 9.59 Å². The number of methoxy groups -OCH3 is 1. The van der Waals surface area contributed by atoms with Gasteiger partial charge in [-0.2, -0.15) is 0 Å². The number of alkyl carbamates (subject to hydrolysis) is 1. The van der Waals surface area contributed by atoms with Crippen LogP contribution in [-0.4, -0.2) is 37.5 Å². The number of carbonyl (C=O) groups is 2. The van der Waals surface area contributed by atoms with Crippen molar-refractivity contribution >= 4 is 17.8 Å². The number of benzene rings is 1. The molecule has 1 aromatic rings. The summed E-state index contributed by atoms with van der Waals surface area (Å²) in [5.41, 5.74) is 0.953. The molecule has 7 heteroatoms. The highest BCUT2D eigenvalue weighted by Gasteiger charge is 2.15. The maximum absolute atomic E-state index is 11.9. The summed E-state index contributed by atoms with van der Waals surface area (Å²) in [5, 5.41) is 8.19. The van der Waals surface area contributed by atoms with E-state index in [0.29, 0.717) is 18.8 Å². The summed E-state index contributed by atoms with van der Waals surface area (Å²) < 4.78 is 10.1. The lowest BCUT2D eigenvalue weighted by Gasteiger charge is -2.19. The molecule has 0 bridgehead atoms. The van der Waals surface area contributed by atoms with Gasteiger partial charge in [-0.15, -0.1) is 0 Å². The van der Waals surface area contributed by atoms with E-state index in [1.54, 1.807) is 46.1 Å². The van der Waals surface area contributed by atoms with Crippen molar-refractivity contribution in [3.63, 3.8) is 0 Å². The lowest BCUT2D eigenvalue weighted by molar-refractivity contribution is 0.0523. The van der Waals surface area contributed by atoms with E-state index < -0.39 is 11.7 Å². The van der Waals surface area contributed by atoms with Crippen LogP contribution in [0.5, 0.6) is 0 Å². The minimum atomic E-state index is -0.537. The number of nitrogens with one attached hydrogen (secondary N) is 3. The summed E-state index contributed by atoms with van der Waals surface area (Å²) in [7, 11) is 1.58. The van der Waals surface area contributed by atoms with Gasteiger partial charge in [0, 0.05) is 19.3 Å². The van der Waals surface area contributed by atoms with Gasteiger partial charge in [0.25, 0.3) is 0 Å². The normalized spacial score (nSPS) is 12.2. The number of ether oxygens (including phenoxy) is 2. The second-order valence-electron chi connectivity index (χ2n) is 6.51. The van der Waals surface area contributed by atoms with Gasteiger partial charge in [0.2, 0.25) is 0 Å². The van der Waals surface area contributed by atoms with Gasteiger partial charge in [-0.1, -0.05) is 12.1 Å². The van der Waals surface area contributed by atoms with E-state index in [-0.39, 0.29) is 12.1 Å².